The molecule has 0 unspecified atom stereocenters. The van der Waals surface area contributed by atoms with Gasteiger partial charge in [-0.15, -0.1) is 11.3 Å². The number of thiophene rings is 1. The maximum absolute atomic E-state index is 11.9. The molecule has 0 aliphatic rings. The lowest BCUT2D eigenvalue weighted by Gasteiger charge is -2.01. The van der Waals surface area contributed by atoms with Gasteiger partial charge < -0.3 is 4.57 Å². The zero-order valence-electron chi connectivity index (χ0n) is 10.3. The number of hydrogen-bond donors (Lipinski definition) is 2. The first-order valence-corrected chi connectivity index (χ1v) is 9.12. The van der Waals surface area contributed by atoms with Gasteiger partial charge in [0.2, 0.25) is 10.0 Å². The van der Waals surface area contributed by atoms with Gasteiger partial charge in [0.05, 0.1) is 6.33 Å². The number of imidazole rings is 1. The van der Waals surface area contributed by atoms with Crippen molar-refractivity contribution in [2.45, 2.75) is 15.8 Å². The summed E-state index contributed by atoms with van der Waals surface area (Å²) < 4.78 is 49.9. The highest BCUT2D eigenvalue weighted by Crippen LogP contribution is 2.20. The van der Waals surface area contributed by atoms with Crippen molar-refractivity contribution in [3.05, 3.63) is 29.5 Å². The Balaban J connectivity index is 2.11. The SMILES string of the molecule is Cn1cnc(S(=O)(=O)NCc2ccc(S(N)(=O)=O)s2)c1. The molecule has 0 saturated heterocycles. The topological polar surface area (TPSA) is 124 Å². The molecule has 0 aliphatic carbocycles. The second kappa shape index (κ2) is 5.26. The Hall–Kier alpha value is -1.27. The fourth-order valence-corrected chi connectivity index (χ4v) is 4.17. The van der Waals surface area contributed by atoms with Gasteiger partial charge in [-0.3, -0.25) is 0 Å². The molecule has 0 atom stereocenters. The highest BCUT2D eigenvalue weighted by molar-refractivity contribution is 7.91. The fourth-order valence-electron chi connectivity index (χ4n) is 1.37. The van der Waals surface area contributed by atoms with Crippen LogP contribution in [0, 0.1) is 0 Å². The third-order valence-corrected chi connectivity index (χ3v) is 6.12. The number of nitrogens with one attached hydrogen (secondary N) is 1. The van der Waals surface area contributed by atoms with Crippen molar-refractivity contribution in [1.29, 1.82) is 0 Å². The first-order valence-electron chi connectivity index (χ1n) is 5.27. The first-order chi connectivity index (χ1) is 9.18. The average molecular weight is 336 g/mol. The molecule has 0 spiro atoms. The Morgan fingerprint density at radius 2 is 2.05 bits per heavy atom. The van der Waals surface area contributed by atoms with Gasteiger partial charge in [0.15, 0.2) is 5.03 Å². The van der Waals surface area contributed by atoms with E-state index in [1.807, 2.05) is 0 Å². The summed E-state index contributed by atoms with van der Waals surface area (Å²) in [6.45, 7) is -0.0287. The molecule has 2 aromatic rings. The lowest BCUT2D eigenvalue weighted by molar-refractivity contribution is 0.578. The number of nitrogens with zero attached hydrogens (tertiary/aromatic N) is 2. The Morgan fingerprint density at radius 1 is 1.35 bits per heavy atom. The molecule has 3 N–H and O–H groups in total. The van der Waals surface area contributed by atoms with Crippen molar-refractivity contribution in [1.82, 2.24) is 14.3 Å². The van der Waals surface area contributed by atoms with Gasteiger partial charge in [-0.25, -0.2) is 31.7 Å². The number of nitrogens with two attached hydrogens (primary N) is 1. The number of primary sulfonamides is 1. The standard InChI is InChI=1S/C9H12N4O4S3/c1-13-5-8(11-6-13)20(16,17)12-4-7-2-3-9(18-7)19(10,14)15/h2-3,5-6,12H,4H2,1H3,(H2,10,14,15). The van der Waals surface area contributed by atoms with E-state index in [-0.39, 0.29) is 15.8 Å². The second-order valence-electron chi connectivity index (χ2n) is 3.97. The Labute approximate surface area is 120 Å². The van der Waals surface area contributed by atoms with Crippen LogP contribution in [0.3, 0.4) is 0 Å². The van der Waals surface area contributed by atoms with Gasteiger partial charge in [-0.1, -0.05) is 0 Å². The summed E-state index contributed by atoms with van der Waals surface area (Å²) in [5.41, 5.74) is 0. The van der Waals surface area contributed by atoms with Crippen LogP contribution < -0.4 is 9.86 Å². The molecule has 0 fully saturated rings. The third-order valence-electron chi connectivity index (χ3n) is 2.31. The molecule has 110 valence electrons. The Kier molecular flexibility index (Phi) is 3.97. The molecule has 0 radical (unpaired) electrons. The molecule has 2 rings (SSSR count). The van der Waals surface area contributed by atoms with Crippen molar-refractivity contribution < 1.29 is 16.8 Å². The molecule has 20 heavy (non-hydrogen) atoms. The normalized spacial score (nSPS) is 12.7. The van der Waals surface area contributed by atoms with Crippen LogP contribution >= 0.6 is 11.3 Å². The van der Waals surface area contributed by atoms with Crippen molar-refractivity contribution in [3.8, 4) is 0 Å². The molecule has 0 amide bonds. The van der Waals surface area contributed by atoms with Crippen molar-refractivity contribution in [3.63, 3.8) is 0 Å². The maximum Gasteiger partial charge on any atom is 0.259 e. The van der Waals surface area contributed by atoms with Crippen molar-refractivity contribution >= 4 is 31.4 Å². The predicted octanol–water partition coefficient (Wildman–Crippen LogP) is -0.393. The average Bonchev–Trinajstić information content (AvgIpc) is 2.94. The lowest BCUT2D eigenvalue weighted by Crippen LogP contribution is -2.23. The largest absolute Gasteiger partial charge is 0.339 e. The van der Waals surface area contributed by atoms with Crippen LogP contribution in [0.4, 0.5) is 0 Å². The van der Waals surface area contributed by atoms with E-state index in [1.165, 1.54) is 29.2 Å². The minimum absolute atomic E-state index is 0.00969. The van der Waals surface area contributed by atoms with Gasteiger partial charge in [0.25, 0.3) is 10.0 Å². The van der Waals surface area contributed by atoms with Crippen LogP contribution in [0.5, 0.6) is 0 Å². The van der Waals surface area contributed by atoms with Crippen LogP contribution in [0.1, 0.15) is 4.88 Å². The summed E-state index contributed by atoms with van der Waals surface area (Å²) in [6, 6.07) is 2.84. The molecule has 0 saturated carbocycles. The highest BCUT2D eigenvalue weighted by Gasteiger charge is 2.18. The quantitative estimate of drug-likeness (QED) is 0.769. The van der Waals surface area contributed by atoms with Crippen LogP contribution in [-0.2, 0) is 33.6 Å². The van der Waals surface area contributed by atoms with E-state index in [9.17, 15) is 16.8 Å². The summed E-state index contributed by atoms with van der Waals surface area (Å²) in [6.07, 6.45) is 2.74. The molecule has 11 heteroatoms. The van der Waals surface area contributed by atoms with E-state index in [4.69, 9.17) is 5.14 Å². The lowest BCUT2D eigenvalue weighted by atomic mass is 10.5. The van der Waals surface area contributed by atoms with Gasteiger partial charge in [-0.05, 0) is 12.1 Å². The zero-order chi connectivity index (χ0) is 15.0. The summed E-state index contributed by atoms with van der Waals surface area (Å²) in [5, 5.41) is 4.88. The van der Waals surface area contributed by atoms with E-state index >= 15 is 0 Å². The molecule has 2 aromatic heterocycles. The molecule has 0 bridgehead atoms. The van der Waals surface area contributed by atoms with Crippen LogP contribution in [0.15, 0.2) is 33.9 Å². The smallest absolute Gasteiger partial charge is 0.259 e. The fraction of sp³-hybridized carbons (Fsp3) is 0.222. The molecular formula is C9H12N4O4S3. The Bertz CT molecular complexity index is 819. The number of aryl methyl sites for hydroxylation is 1. The van der Waals surface area contributed by atoms with Crippen LogP contribution in [0.25, 0.3) is 0 Å². The van der Waals surface area contributed by atoms with Gasteiger partial charge in [0, 0.05) is 24.7 Å². The number of aromatic nitrogens is 2. The molecule has 2 heterocycles. The first kappa shape index (κ1) is 15.1. The van der Waals surface area contributed by atoms with E-state index < -0.39 is 20.0 Å². The summed E-state index contributed by atoms with van der Waals surface area (Å²) >= 11 is 0.915. The number of rotatable bonds is 5. The van der Waals surface area contributed by atoms with Crippen LogP contribution in [0.2, 0.25) is 0 Å². The summed E-state index contributed by atoms with van der Waals surface area (Å²) in [5.74, 6) is 0. The number of hydrogen-bond acceptors (Lipinski definition) is 6. The van der Waals surface area contributed by atoms with E-state index in [1.54, 1.807) is 7.05 Å². The highest BCUT2D eigenvalue weighted by atomic mass is 32.2. The van der Waals surface area contributed by atoms with Crippen molar-refractivity contribution in [2.75, 3.05) is 0 Å². The minimum atomic E-state index is -3.76. The third kappa shape index (κ3) is 3.43. The minimum Gasteiger partial charge on any atom is -0.339 e. The second-order valence-corrected chi connectivity index (χ2v) is 8.64. The number of sulfonamides is 2. The van der Waals surface area contributed by atoms with E-state index in [2.05, 4.69) is 9.71 Å². The van der Waals surface area contributed by atoms with Gasteiger partial charge >= 0.3 is 0 Å². The summed E-state index contributed by atoms with van der Waals surface area (Å²) in [4.78, 5) is 4.28. The molecule has 8 nitrogen and oxygen atoms in total. The van der Waals surface area contributed by atoms with Crippen molar-refractivity contribution in [2.24, 2.45) is 12.2 Å². The van der Waals surface area contributed by atoms with Crippen LogP contribution in [-0.4, -0.2) is 26.4 Å². The molecule has 0 aromatic carbocycles. The maximum atomic E-state index is 11.9. The summed E-state index contributed by atoms with van der Waals surface area (Å²) in [7, 11) is -5.82. The zero-order valence-corrected chi connectivity index (χ0v) is 12.8. The van der Waals surface area contributed by atoms with E-state index in [0.717, 1.165) is 11.3 Å². The molecular weight excluding hydrogens is 324 g/mol. The van der Waals surface area contributed by atoms with Gasteiger partial charge in [0.1, 0.15) is 4.21 Å². The Morgan fingerprint density at radius 3 is 2.55 bits per heavy atom. The monoisotopic (exact) mass is 336 g/mol. The van der Waals surface area contributed by atoms with E-state index in [0.29, 0.717) is 4.88 Å². The predicted molar refractivity (Wildman–Crippen MR) is 72.9 cm³/mol. The molecule has 0 aliphatic heterocycles. The van der Waals surface area contributed by atoms with Gasteiger partial charge in [-0.2, -0.15) is 0 Å².